The first-order valence-corrected chi connectivity index (χ1v) is 8.79. The third-order valence-electron chi connectivity index (χ3n) is 4.44. The maximum Gasteiger partial charge on any atom is 0.322 e. The largest absolute Gasteiger partial charge is 0.407 e. The van der Waals surface area contributed by atoms with Crippen LogP contribution in [0.4, 0.5) is 6.01 Å². The van der Waals surface area contributed by atoms with Gasteiger partial charge in [0.15, 0.2) is 0 Å². The van der Waals surface area contributed by atoms with Crippen molar-refractivity contribution < 1.29 is 9.21 Å². The van der Waals surface area contributed by atoms with Crippen LogP contribution in [-0.4, -0.2) is 16.1 Å². The first-order valence-electron chi connectivity index (χ1n) is 8.79. The van der Waals surface area contributed by atoms with E-state index in [0.29, 0.717) is 12.3 Å². The number of hydrogen-bond donors (Lipinski definition) is 1. The van der Waals surface area contributed by atoms with Crippen molar-refractivity contribution in [1.82, 2.24) is 10.2 Å². The lowest BCUT2D eigenvalue weighted by molar-refractivity contribution is -0.115. The van der Waals surface area contributed by atoms with Gasteiger partial charge in [-0.25, -0.2) is 0 Å². The number of carbonyl (C=O) groups excluding carboxylic acids is 1. The summed E-state index contributed by atoms with van der Waals surface area (Å²) in [6.07, 6.45) is 1.80. The van der Waals surface area contributed by atoms with Gasteiger partial charge in [-0.3, -0.25) is 10.1 Å². The van der Waals surface area contributed by atoms with E-state index < -0.39 is 0 Å². The Balaban J connectivity index is 1.58. The number of aromatic nitrogens is 2. The van der Waals surface area contributed by atoms with Crippen molar-refractivity contribution in [3.63, 3.8) is 0 Å². The minimum absolute atomic E-state index is 0.138. The molecule has 3 rings (SSSR count). The molecule has 0 aliphatic carbocycles. The maximum absolute atomic E-state index is 12.1. The fraction of sp³-hybridized carbons (Fsp3) is 0.286. The highest BCUT2D eigenvalue weighted by molar-refractivity contribution is 5.90. The molecular weight excluding hydrogens is 326 g/mol. The third kappa shape index (κ3) is 4.57. The highest BCUT2D eigenvalue weighted by Crippen LogP contribution is 2.15. The Morgan fingerprint density at radius 3 is 2.35 bits per heavy atom. The third-order valence-corrected chi connectivity index (χ3v) is 4.44. The van der Waals surface area contributed by atoms with Crippen molar-refractivity contribution in [2.45, 2.75) is 40.0 Å². The quantitative estimate of drug-likeness (QED) is 0.730. The van der Waals surface area contributed by atoms with E-state index in [1.54, 1.807) is 0 Å². The standard InChI is InChI=1S/C21H23N3O2/c1-4-16-7-9-17(10-8-16)12-19(25)22-21-24-23-20(26-21)13-18-6-5-14(2)15(3)11-18/h5-11H,4,12-13H2,1-3H3,(H,22,24,25). The predicted molar refractivity (Wildman–Crippen MR) is 101 cm³/mol. The van der Waals surface area contributed by atoms with Crippen LogP contribution in [0.5, 0.6) is 0 Å². The fourth-order valence-electron chi connectivity index (χ4n) is 2.71. The number of amides is 1. The molecule has 1 N–H and O–H groups in total. The van der Waals surface area contributed by atoms with Crippen LogP contribution >= 0.6 is 0 Å². The Hall–Kier alpha value is -2.95. The normalized spacial score (nSPS) is 10.7. The molecule has 0 bridgehead atoms. The molecule has 5 heteroatoms. The summed E-state index contributed by atoms with van der Waals surface area (Å²) >= 11 is 0. The molecule has 134 valence electrons. The van der Waals surface area contributed by atoms with Gasteiger partial charge in [0.25, 0.3) is 0 Å². The van der Waals surface area contributed by atoms with Crippen LogP contribution in [0.25, 0.3) is 0 Å². The zero-order chi connectivity index (χ0) is 18.5. The average Bonchev–Trinajstić information content (AvgIpc) is 3.05. The monoisotopic (exact) mass is 349 g/mol. The second kappa shape index (κ2) is 7.95. The lowest BCUT2D eigenvalue weighted by atomic mass is 10.0. The number of nitrogens with one attached hydrogen (secondary N) is 1. The summed E-state index contributed by atoms with van der Waals surface area (Å²) in [5.74, 6) is 0.312. The molecule has 3 aromatic rings. The minimum atomic E-state index is -0.171. The van der Waals surface area contributed by atoms with Crippen molar-refractivity contribution in [2.24, 2.45) is 0 Å². The number of nitrogens with zero attached hydrogens (tertiary/aromatic N) is 2. The molecule has 0 spiro atoms. The Kier molecular flexibility index (Phi) is 5.46. The van der Waals surface area contributed by atoms with E-state index in [4.69, 9.17) is 4.42 Å². The molecular formula is C21H23N3O2. The second-order valence-electron chi connectivity index (χ2n) is 6.49. The average molecular weight is 349 g/mol. The Bertz CT molecular complexity index is 898. The summed E-state index contributed by atoms with van der Waals surface area (Å²) in [5.41, 5.74) is 5.78. The van der Waals surface area contributed by atoms with Gasteiger partial charge in [0, 0.05) is 0 Å². The van der Waals surface area contributed by atoms with E-state index in [2.05, 4.69) is 48.4 Å². The van der Waals surface area contributed by atoms with Gasteiger partial charge in [-0.05, 0) is 48.1 Å². The summed E-state index contributed by atoms with van der Waals surface area (Å²) in [6.45, 7) is 6.26. The smallest absolute Gasteiger partial charge is 0.322 e. The zero-order valence-electron chi connectivity index (χ0n) is 15.4. The molecule has 1 aromatic heterocycles. The molecule has 0 saturated carbocycles. The van der Waals surface area contributed by atoms with Gasteiger partial charge in [0.1, 0.15) is 0 Å². The van der Waals surface area contributed by atoms with Gasteiger partial charge in [0.05, 0.1) is 12.8 Å². The lowest BCUT2D eigenvalue weighted by Gasteiger charge is -2.03. The van der Waals surface area contributed by atoms with Gasteiger partial charge in [-0.2, -0.15) is 0 Å². The van der Waals surface area contributed by atoms with Crippen LogP contribution in [0.2, 0.25) is 0 Å². The highest BCUT2D eigenvalue weighted by atomic mass is 16.4. The molecule has 0 radical (unpaired) electrons. The minimum Gasteiger partial charge on any atom is -0.407 e. The summed E-state index contributed by atoms with van der Waals surface area (Å²) in [6, 6.07) is 14.4. The Labute approximate surface area is 153 Å². The molecule has 2 aromatic carbocycles. The maximum atomic E-state index is 12.1. The number of benzene rings is 2. The van der Waals surface area contributed by atoms with Crippen LogP contribution in [0, 0.1) is 13.8 Å². The van der Waals surface area contributed by atoms with E-state index in [1.165, 1.54) is 16.7 Å². The molecule has 1 amide bonds. The van der Waals surface area contributed by atoms with Crippen molar-refractivity contribution in [2.75, 3.05) is 5.32 Å². The van der Waals surface area contributed by atoms with Crippen LogP contribution < -0.4 is 5.32 Å². The van der Waals surface area contributed by atoms with Gasteiger partial charge < -0.3 is 4.42 Å². The lowest BCUT2D eigenvalue weighted by Crippen LogP contribution is -2.14. The molecule has 5 nitrogen and oxygen atoms in total. The van der Waals surface area contributed by atoms with E-state index in [0.717, 1.165) is 17.5 Å². The summed E-state index contributed by atoms with van der Waals surface area (Å²) in [5, 5.41) is 10.6. The van der Waals surface area contributed by atoms with Crippen LogP contribution in [0.1, 0.15) is 40.6 Å². The topological polar surface area (TPSA) is 68.0 Å². The number of aryl methyl sites for hydroxylation is 3. The van der Waals surface area contributed by atoms with E-state index >= 15 is 0 Å². The van der Waals surface area contributed by atoms with Crippen molar-refractivity contribution in [3.05, 3.63) is 76.2 Å². The first kappa shape index (κ1) is 17.9. The summed E-state index contributed by atoms with van der Waals surface area (Å²) < 4.78 is 5.55. The predicted octanol–water partition coefficient (Wildman–Crippen LogP) is 4.02. The van der Waals surface area contributed by atoms with E-state index in [9.17, 15) is 4.79 Å². The first-order chi connectivity index (χ1) is 12.5. The number of anilines is 1. The molecule has 26 heavy (non-hydrogen) atoms. The van der Waals surface area contributed by atoms with Crippen LogP contribution in [0.3, 0.4) is 0 Å². The van der Waals surface area contributed by atoms with Gasteiger partial charge in [-0.1, -0.05) is 54.5 Å². The number of hydrogen-bond acceptors (Lipinski definition) is 4. The SMILES string of the molecule is CCc1ccc(CC(=O)Nc2nnc(Cc3ccc(C)c(C)c3)o2)cc1. The number of carbonyl (C=O) groups is 1. The van der Waals surface area contributed by atoms with Crippen LogP contribution in [0.15, 0.2) is 46.9 Å². The molecule has 0 aliphatic heterocycles. The molecule has 0 aliphatic rings. The van der Waals surface area contributed by atoms with Crippen molar-refractivity contribution in [3.8, 4) is 0 Å². The van der Waals surface area contributed by atoms with Crippen molar-refractivity contribution >= 4 is 11.9 Å². The molecule has 0 unspecified atom stereocenters. The molecule has 0 saturated heterocycles. The Morgan fingerprint density at radius 2 is 1.65 bits per heavy atom. The van der Waals surface area contributed by atoms with Gasteiger partial charge in [0.2, 0.25) is 11.8 Å². The van der Waals surface area contributed by atoms with Gasteiger partial charge >= 0.3 is 6.01 Å². The highest BCUT2D eigenvalue weighted by Gasteiger charge is 2.11. The van der Waals surface area contributed by atoms with Crippen LogP contribution in [-0.2, 0) is 24.1 Å². The molecule has 0 atom stereocenters. The fourth-order valence-corrected chi connectivity index (χ4v) is 2.71. The Morgan fingerprint density at radius 1 is 0.962 bits per heavy atom. The van der Waals surface area contributed by atoms with Gasteiger partial charge in [-0.15, -0.1) is 5.10 Å². The van der Waals surface area contributed by atoms with Crippen molar-refractivity contribution in [1.29, 1.82) is 0 Å². The summed E-state index contributed by atoms with van der Waals surface area (Å²) in [4.78, 5) is 12.1. The molecule has 1 heterocycles. The number of rotatable bonds is 6. The van der Waals surface area contributed by atoms with E-state index in [-0.39, 0.29) is 18.3 Å². The summed E-state index contributed by atoms with van der Waals surface area (Å²) in [7, 11) is 0. The zero-order valence-corrected chi connectivity index (χ0v) is 15.4. The molecule has 0 fully saturated rings. The second-order valence-corrected chi connectivity index (χ2v) is 6.49. The van der Waals surface area contributed by atoms with E-state index in [1.807, 2.05) is 30.3 Å².